The molecule has 0 bridgehead atoms. The van der Waals surface area contributed by atoms with Gasteiger partial charge in [0.1, 0.15) is 0 Å². The third-order valence-electron chi connectivity index (χ3n) is 4.30. The van der Waals surface area contributed by atoms with E-state index in [4.69, 9.17) is 17.3 Å². The number of hydrogen-bond acceptors (Lipinski definition) is 3. The largest absolute Gasteiger partial charge is 0.348 e. The zero-order valence-corrected chi connectivity index (χ0v) is 13.5. The highest BCUT2D eigenvalue weighted by molar-refractivity contribution is 7.16. The van der Waals surface area contributed by atoms with Crippen LogP contribution in [0.1, 0.15) is 56.4 Å². The Labute approximate surface area is 129 Å². The van der Waals surface area contributed by atoms with Crippen LogP contribution in [0.5, 0.6) is 0 Å². The molecule has 1 unspecified atom stereocenters. The van der Waals surface area contributed by atoms with Crippen LogP contribution < -0.4 is 11.1 Å². The highest BCUT2D eigenvalue weighted by Crippen LogP contribution is 2.35. The number of amides is 1. The Kier molecular flexibility index (Phi) is 5.47. The van der Waals surface area contributed by atoms with E-state index in [1.807, 2.05) is 19.1 Å². The van der Waals surface area contributed by atoms with E-state index in [9.17, 15) is 4.79 Å². The molecule has 1 aromatic heterocycles. The summed E-state index contributed by atoms with van der Waals surface area (Å²) in [4.78, 5) is 13.8. The van der Waals surface area contributed by atoms with Gasteiger partial charge in [0.15, 0.2) is 0 Å². The van der Waals surface area contributed by atoms with Gasteiger partial charge in [-0.3, -0.25) is 4.79 Å². The molecule has 20 heavy (non-hydrogen) atoms. The number of carbonyl (C=O) groups is 1. The molecule has 5 heteroatoms. The average Bonchev–Trinajstić information content (AvgIpc) is 2.73. The van der Waals surface area contributed by atoms with Crippen LogP contribution in [0.15, 0.2) is 12.1 Å². The average molecular weight is 315 g/mol. The van der Waals surface area contributed by atoms with Gasteiger partial charge in [-0.15, -0.1) is 11.3 Å². The van der Waals surface area contributed by atoms with Crippen molar-refractivity contribution < 1.29 is 4.79 Å². The van der Waals surface area contributed by atoms with Gasteiger partial charge in [0, 0.05) is 11.4 Å². The van der Waals surface area contributed by atoms with Gasteiger partial charge in [0.25, 0.3) is 0 Å². The Hall–Kier alpha value is -0.580. The molecule has 1 aliphatic carbocycles. The van der Waals surface area contributed by atoms with Crippen LogP contribution in [-0.2, 0) is 4.79 Å². The van der Waals surface area contributed by atoms with Crippen molar-refractivity contribution in [2.24, 2.45) is 11.1 Å². The maximum Gasteiger partial charge on any atom is 0.227 e. The molecule has 3 nitrogen and oxygen atoms in total. The normalized spacial score (nSPS) is 20.1. The molecule has 112 valence electrons. The fraction of sp³-hybridized carbons (Fsp3) is 0.667. The molecule has 1 fully saturated rings. The number of rotatable bonds is 4. The summed E-state index contributed by atoms with van der Waals surface area (Å²) in [7, 11) is 0. The summed E-state index contributed by atoms with van der Waals surface area (Å²) in [6.07, 6.45) is 6.45. The van der Waals surface area contributed by atoms with E-state index in [1.165, 1.54) is 24.2 Å². The van der Waals surface area contributed by atoms with E-state index >= 15 is 0 Å². The lowest BCUT2D eigenvalue weighted by molar-refractivity contribution is -0.132. The van der Waals surface area contributed by atoms with E-state index in [2.05, 4.69) is 5.32 Å². The van der Waals surface area contributed by atoms with E-state index < -0.39 is 0 Å². The molecule has 0 aromatic carbocycles. The first-order chi connectivity index (χ1) is 9.57. The molecule has 1 aliphatic rings. The summed E-state index contributed by atoms with van der Waals surface area (Å²) in [5.41, 5.74) is 5.58. The fourth-order valence-electron chi connectivity index (χ4n) is 2.91. The third kappa shape index (κ3) is 3.54. The van der Waals surface area contributed by atoms with Crippen molar-refractivity contribution in [3.63, 3.8) is 0 Å². The summed E-state index contributed by atoms with van der Waals surface area (Å²) in [5, 5.41) is 3.13. The summed E-state index contributed by atoms with van der Waals surface area (Å²) in [5.74, 6) is 0.110. The highest BCUT2D eigenvalue weighted by atomic mass is 35.5. The minimum Gasteiger partial charge on any atom is -0.348 e. The first kappa shape index (κ1) is 15.8. The van der Waals surface area contributed by atoms with Crippen molar-refractivity contribution in [2.45, 2.75) is 51.5 Å². The second-order valence-corrected chi connectivity index (χ2v) is 7.48. The van der Waals surface area contributed by atoms with Gasteiger partial charge in [-0.25, -0.2) is 0 Å². The van der Waals surface area contributed by atoms with Gasteiger partial charge in [-0.2, -0.15) is 0 Å². The second kappa shape index (κ2) is 6.92. The van der Waals surface area contributed by atoms with Crippen LogP contribution in [0, 0.1) is 5.41 Å². The highest BCUT2D eigenvalue weighted by Gasteiger charge is 2.37. The number of nitrogens with two attached hydrogens (primary N) is 1. The summed E-state index contributed by atoms with van der Waals surface area (Å²) < 4.78 is 0.754. The first-order valence-corrected chi connectivity index (χ1v) is 8.53. The van der Waals surface area contributed by atoms with Crippen molar-refractivity contribution in [1.82, 2.24) is 5.32 Å². The molecule has 0 saturated heterocycles. The maximum absolute atomic E-state index is 12.7. The summed E-state index contributed by atoms with van der Waals surface area (Å²) in [6, 6.07) is 3.83. The number of nitrogens with one attached hydrogen (secondary N) is 1. The van der Waals surface area contributed by atoms with Crippen molar-refractivity contribution in [2.75, 3.05) is 6.54 Å². The van der Waals surface area contributed by atoms with Gasteiger partial charge < -0.3 is 11.1 Å². The zero-order chi connectivity index (χ0) is 14.6. The Morgan fingerprint density at radius 3 is 2.55 bits per heavy atom. The molecule has 1 saturated carbocycles. The van der Waals surface area contributed by atoms with E-state index in [1.54, 1.807) is 0 Å². The number of hydrogen-bond donors (Lipinski definition) is 2. The lowest BCUT2D eigenvalue weighted by Gasteiger charge is -2.31. The third-order valence-corrected chi connectivity index (χ3v) is 5.72. The Morgan fingerprint density at radius 1 is 1.40 bits per heavy atom. The molecule has 1 aromatic rings. The lowest BCUT2D eigenvalue weighted by atomic mass is 9.79. The van der Waals surface area contributed by atoms with E-state index in [0.29, 0.717) is 6.54 Å². The lowest BCUT2D eigenvalue weighted by Crippen LogP contribution is -2.46. The monoisotopic (exact) mass is 314 g/mol. The van der Waals surface area contributed by atoms with Crippen LogP contribution in [0.2, 0.25) is 4.34 Å². The van der Waals surface area contributed by atoms with Crippen LogP contribution in [0.4, 0.5) is 0 Å². The quantitative estimate of drug-likeness (QED) is 0.829. The Bertz CT molecular complexity index is 452. The molecule has 3 N–H and O–H groups in total. The molecule has 1 atom stereocenters. The first-order valence-electron chi connectivity index (χ1n) is 7.34. The van der Waals surface area contributed by atoms with Crippen molar-refractivity contribution in [1.29, 1.82) is 0 Å². The maximum atomic E-state index is 12.7. The van der Waals surface area contributed by atoms with Crippen LogP contribution >= 0.6 is 22.9 Å². The zero-order valence-electron chi connectivity index (χ0n) is 12.0. The predicted octanol–water partition coefficient (Wildman–Crippen LogP) is 3.88. The minimum atomic E-state index is -0.369. The van der Waals surface area contributed by atoms with Crippen molar-refractivity contribution in [3.8, 4) is 0 Å². The van der Waals surface area contributed by atoms with Gasteiger partial charge in [0.05, 0.1) is 15.8 Å². The molecular weight excluding hydrogens is 292 g/mol. The SMILES string of the molecule is CC(NC(=O)C1(CN)CCCCCC1)c1ccc(Cl)s1. The molecule has 1 heterocycles. The van der Waals surface area contributed by atoms with Crippen LogP contribution in [0.25, 0.3) is 0 Å². The Balaban J connectivity index is 2.05. The standard InChI is InChI=1S/C15H23ClN2OS/c1-11(12-6-7-13(16)20-12)18-14(19)15(10-17)8-4-2-3-5-9-15/h6-7,11H,2-5,8-10,17H2,1H3,(H,18,19). The number of halogens is 1. The second-order valence-electron chi connectivity index (χ2n) is 5.74. The number of thiophene rings is 1. The predicted molar refractivity (Wildman–Crippen MR) is 85.1 cm³/mol. The fourth-order valence-corrected chi connectivity index (χ4v) is 3.97. The van der Waals surface area contributed by atoms with Crippen molar-refractivity contribution in [3.05, 3.63) is 21.3 Å². The van der Waals surface area contributed by atoms with Gasteiger partial charge in [-0.1, -0.05) is 37.3 Å². The summed E-state index contributed by atoms with van der Waals surface area (Å²) >= 11 is 7.47. The topological polar surface area (TPSA) is 55.1 Å². The van der Waals surface area contributed by atoms with Crippen LogP contribution in [0.3, 0.4) is 0 Å². The van der Waals surface area contributed by atoms with Gasteiger partial charge >= 0.3 is 0 Å². The number of carbonyl (C=O) groups excluding carboxylic acids is 1. The smallest absolute Gasteiger partial charge is 0.227 e. The van der Waals surface area contributed by atoms with E-state index in [-0.39, 0.29) is 17.4 Å². The van der Waals surface area contributed by atoms with Crippen molar-refractivity contribution >= 4 is 28.8 Å². The molecule has 2 rings (SSSR count). The molecule has 0 spiro atoms. The minimum absolute atomic E-state index is 0.00771. The van der Waals surface area contributed by atoms with E-state index in [0.717, 1.165) is 34.9 Å². The molecule has 0 radical (unpaired) electrons. The summed E-state index contributed by atoms with van der Waals surface area (Å²) in [6.45, 7) is 2.44. The van der Waals surface area contributed by atoms with Crippen LogP contribution in [-0.4, -0.2) is 12.5 Å². The van der Waals surface area contributed by atoms with Gasteiger partial charge in [0.2, 0.25) is 5.91 Å². The van der Waals surface area contributed by atoms with Gasteiger partial charge in [-0.05, 0) is 31.9 Å². The Morgan fingerprint density at radius 2 is 2.05 bits per heavy atom. The molecule has 0 aliphatic heterocycles. The molecule has 1 amide bonds. The molecular formula is C15H23ClN2OS.